The Labute approximate surface area is 112 Å². The van der Waals surface area contributed by atoms with Gasteiger partial charge in [-0.05, 0) is 38.6 Å². The molecule has 0 unspecified atom stereocenters. The van der Waals surface area contributed by atoms with E-state index in [9.17, 15) is 8.42 Å². The molecule has 0 aromatic heterocycles. The summed E-state index contributed by atoms with van der Waals surface area (Å²) >= 11 is 0. The number of nitrogens with zero attached hydrogens (tertiary/aromatic N) is 1. The first-order valence-corrected chi connectivity index (χ1v) is 8.73. The average molecular weight is 273 g/mol. The fraction of sp³-hybridized carbons (Fsp3) is 0.857. The number of allylic oxidation sites excluding steroid dienone is 1. The molecule has 0 saturated heterocycles. The Morgan fingerprint density at radius 3 is 2.67 bits per heavy atom. The van der Waals surface area contributed by atoms with Gasteiger partial charge in [0.2, 0.25) is 0 Å². The van der Waals surface area contributed by atoms with Crippen molar-refractivity contribution in [2.24, 2.45) is 11.8 Å². The number of hydrogen-bond acceptors (Lipinski definition) is 3. The first-order chi connectivity index (χ1) is 8.35. The molecule has 0 heterocycles. The molecule has 0 saturated carbocycles. The molecule has 0 spiro atoms. The molecule has 1 rings (SSSR count). The molecule has 0 aliphatic heterocycles. The average Bonchev–Trinajstić information content (AvgIpc) is 2.32. The Morgan fingerprint density at radius 2 is 2.11 bits per heavy atom. The quantitative estimate of drug-likeness (QED) is 0.697. The minimum absolute atomic E-state index is 0.250. The number of rotatable bonds is 6. The van der Waals surface area contributed by atoms with Crippen LogP contribution < -0.4 is 0 Å². The van der Waals surface area contributed by atoms with E-state index in [1.807, 2.05) is 7.05 Å². The van der Waals surface area contributed by atoms with Crippen LogP contribution in [0.1, 0.15) is 33.6 Å². The van der Waals surface area contributed by atoms with Crippen molar-refractivity contribution < 1.29 is 8.42 Å². The summed E-state index contributed by atoms with van der Waals surface area (Å²) in [7, 11) is -0.811. The summed E-state index contributed by atoms with van der Waals surface area (Å²) in [6, 6.07) is 0. The molecule has 4 heteroatoms. The van der Waals surface area contributed by atoms with E-state index < -0.39 is 9.84 Å². The zero-order valence-corrected chi connectivity index (χ0v) is 13.0. The van der Waals surface area contributed by atoms with E-state index in [1.54, 1.807) is 6.92 Å². The van der Waals surface area contributed by atoms with Crippen molar-refractivity contribution in [2.45, 2.75) is 33.6 Å². The SMILES string of the molecule is CCS(=O)(=O)CCN(C)C[C@H]1C(C)=CCC[C@@H]1C. The molecule has 18 heavy (non-hydrogen) atoms. The van der Waals surface area contributed by atoms with Crippen LogP contribution in [-0.4, -0.2) is 45.0 Å². The van der Waals surface area contributed by atoms with Gasteiger partial charge >= 0.3 is 0 Å². The summed E-state index contributed by atoms with van der Waals surface area (Å²) in [6.45, 7) is 7.84. The molecule has 3 nitrogen and oxygen atoms in total. The second kappa shape index (κ2) is 6.71. The van der Waals surface area contributed by atoms with Crippen molar-refractivity contribution in [2.75, 3.05) is 31.6 Å². The van der Waals surface area contributed by atoms with Crippen LogP contribution in [0.4, 0.5) is 0 Å². The molecular weight excluding hydrogens is 246 g/mol. The zero-order chi connectivity index (χ0) is 13.8. The Hall–Kier alpha value is -0.350. The van der Waals surface area contributed by atoms with Crippen LogP contribution in [0.15, 0.2) is 11.6 Å². The largest absolute Gasteiger partial charge is 0.305 e. The van der Waals surface area contributed by atoms with Gasteiger partial charge in [0.15, 0.2) is 9.84 Å². The predicted octanol–water partition coefficient (Wildman–Crippen LogP) is 2.35. The fourth-order valence-corrected chi connectivity index (χ4v) is 3.44. The third kappa shape index (κ3) is 4.73. The maximum atomic E-state index is 11.5. The van der Waals surface area contributed by atoms with Gasteiger partial charge in [0.1, 0.15) is 0 Å². The summed E-state index contributed by atoms with van der Waals surface area (Å²) in [5, 5.41) is 0. The summed E-state index contributed by atoms with van der Waals surface area (Å²) < 4.78 is 23.0. The Kier molecular flexibility index (Phi) is 5.86. The summed E-state index contributed by atoms with van der Waals surface area (Å²) in [4.78, 5) is 2.16. The summed E-state index contributed by atoms with van der Waals surface area (Å²) in [5.74, 6) is 1.83. The molecule has 0 bridgehead atoms. The molecule has 0 N–H and O–H groups in total. The highest BCUT2D eigenvalue weighted by Gasteiger charge is 2.23. The maximum absolute atomic E-state index is 11.5. The van der Waals surface area contributed by atoms with Gasteiger partial charge < -0.3 is 4.90 Å². The van der Waals surface area contributed by atoms with Gasteiger partial charge in [-0.1, -0.05) is 25.5 Å². The van der Waals surface area contributed by atoms with Crippen LogP contribution in [0.5, 0.6) is 0 Å². The van der Waals surface area contributed by atoms with Crippen molar-refractivity contribution in [1.82, 2.24) is 4.90 Å². The zero-order valence-electron chi connectivity index (χ0n) is 12.1. The van der Waals surface area contributed by atoms with Gasteiger partial charge in [-0.3, -0.25) is 0 Å². The van der Waals surface area contributed by atoms with Crippen LogP contribution in [0.25, 0.3) is 0 Å². The van der Waals surface area contributed by atoms with Crippen LogP contribution >= 0.6 is 0 Å². The molecule has 0 radical (unpaired) electrons. The first-order valence-electron chi connectivity index (χ1n) is 6.91. The highest BCUT2D eigenvalue weighted by Crippen LogP contribution is 2.30. The topological polar surface area (TPSA) is 37.4 Å². The third-order valence-electron chi connectivity index (χ3n) is 4.09. The molecule has 0 fully saturated rings. The van der Waals surface area contributed by atoms with E-state index in [0.29, 0.717) is 18.4 Å². The third-order valence-corrected chi connectivity index (χ3v) is 5.78. The standard InChI is InChI=1S/C14H27NO2S/c1-5-18(16,17)10-9-15(4)11-14-12(2)7-6-8-13(14)3/h7,13-14H,5-6,8-11H2,1-4H3/t13-,14-/m0/s1. The van der Waals surface area contributed by atoms with Crippen molar-refractivity contribution in [1.29, 1.82) is 0 Å². The first kappa shape index (κ1) is 15.7. The molecule has 106 valence electrons. The lowest BCUT2D eigenvalue weighted by Gasteiger charge is -2.32. The van der Waals surface area contributed by atoms with Crippen molar-refractivity contribution in [3.8, 4) is 0 Å². The van der Waals surface area contributed by atoms with Crippen LogP contribution in [0, 0.1) is 11.8 Å². The molecule has 0 aromatic rings. The molecule has 0 aromatic carbocycles. The summed E-state index contributed by atoms with van der Waals surface area (Å²) in [6.07, 6.45) is 4.78. The lowest BCUT2D eigenvalue weighted by molar-refractivity contribution is 0.248. The molecular formula is C14H27NO2S. The minimum atomic E-state index is -2.84. The van der Waals surface area contributed by atoms with Crippen LogP contribution in [-0.2, 0) is 9.84 Å². The van der Waals surface area contributed by atoms with Gasteiger partial charge in [-0.2, -0.15) is 0 Å². The van der Waals surface area contributed by atoms with E-state index in [4.69, 9.17) is 0 Å². The number of hydrogen-bond donors (Lipinski definition) is 0. The number of sulfone groups is 1. The van der Waals surface area contributed by atoms with Gasteiger partial charge in [-0.25, -0.2) is 8.42 Å². The Bertz CT molecular complexity index is 387. The second-order valence-electron chi connectivity index (χ2n) is 5.61. The molecule has 0 amide bonds. The monoisotopic (exact) mass is 273 g/mol. The van der Waals surface area contributed by atoms with Crippen molar-refractivity contribution >= 4 is 9.84 Å². The highest BCUT2D eigenvalue weighted by atomic mass is 32.2. The second-order valence-corrected chi connectivity index (χ2v) is 8.08. The van der Waals surface area contributed by atoms with Crippen molar-refractivity contribution in [3.05, 3.63) is 11.6 Å². The lowest BCUT2D eigenvalue weighted by atomic mass is 9.80. The van der Waals surface area contributed by atoms with E-state index in [-0.39, 0.29) is 11.5 Å². The highest BCUT2D eigenvalue weighted by molar-refractivity contribution is 7.91. The van der Waals surface area contributed by atoms with E-state index in [2.05, 4.69) is 24.8 Å². The Morgan fingerprint density at radius 1 is 1.44 bits per heavy atom. The predicted molar refractivity (Wildman–Crippen MR) is 77.5 cm³/mol. The molecule has 2 atom stereocenters. The van der Waals surface area contributed by atoms with Crippen LogP contribution in [0.3, 0.4) is 0 Å². The van der Waals surface area contributed by atoms with Crippen molar-refractivity contribution in [3.63, 3.8) is 0 Å². The van der Waals surface area contributed by atoms with Crippen LogP contribution in [0.2, 0.25) is 0 Å². The van der Waals surface area contributed by atoms with E-state index in [1.165, 1.54) is 18.4 Å². The van der Waals surface area contributed by atoms with Gasteiger partial charge in [0, 0.05) is 18.8 Å². The van der Waals surface area contributed by atoms with Gasteiger partial charge in [0.25, 0.3) is 0 Å². The smallest absolute Gasteiger partial charge is 0.151 e. The Balaban J connectivity index is 2.47. The lowest BCUT2D eigenvalue weighted by Crippen LogP contribution is -2.34. The molecule has 1 aliphatic carbocycles. The summed E-state index contributed by atoms with van der Waals surface area (Å²) in [5.41, 5.74) is 1.47. The maximum Gasteiger partial charge on any atom is 0.151 e. The van der Waals surface area contributed by atoms with E-state index >= 15 is 0 Å². The minimum Gasteiger partial charge on any atom is -0.305 e. The molecule has 1 aliphatic rings. The van der Waals surface area contributed by atoms with Gasteiger partial charge in [0.05, 0.1) is 5.75 Å². The fourth-order valence-electron chi connectivity index (χ4n) is 2.57. The van der Waals surface area contributed by atoms with E-state index in [0.717, 1.165) is 6.54 Å². The van der Waals surface area contributed by atoms with Gasteiger partial charge in [-0.15, -0.1) is 0 Å². The normalized spacial score (nSPS) is 25.3.